The molecule has 0 fully saturated rings. The van der Waals surface area contributed by atoms with Gasteiger partial charge in [-0.15, -0.1) is 0 Å². The lowest BCUT2D eigenvalue weighted by molar-refractivity contribution is 0.555. The zero-order valence-electron chi connectivity index (χ0n) is 12.3. The molecule has 0 saturated carbocycles. The SMILES string of the molecule is CC(C)CCCN(C)c1cc(N(C)CC#N)ncn1. The second-order valence-corrected chi connectivity index (χ2v) is 5.21. The molecule has 1 heterocycles. The fraction of sp³-hybridized carbons (Fsp3) is 0.643. The van der Waals surface area contributed by atoms with Crippen LogP contribution in [0.5, 0.6) is 0 Å². The van der Waals surface area contributed by atoms with Gasteiger partial charge >= 0.3 is 0 Å². The van der Waals surface area contributed by atoms with Gasteiger partial charge in [-0.3, -0.25) is 0 Å². The van der Waals surface area contributed by atoms with Crippen LogP contribution in [0.4, 0.5) is 11.6 Å². The van der Waals surface area contributed by atoms with E-state index in [1.165, 1.54) is 6.42 Å². The van der Waals surface area contributed by atoms with Crippen LogP contribution in [0.15, 0.2) is 12.4 Å². The standard InChI is InChI=1S/C14H23N5/c1-12(2)6-5-8-18(3)13-10-14(17-11-16-13)19(4)9-7-15/h10-12H,5-6,8-9H2,1-4H3. The quantitative estimate of drug-likeness (QED) is 0.705. The second-order valence-electron chi connectivity index (χ2n) is 5.21. The van der Waals surface area contributed by atoms with Gasteiger partial charge in [-0.25, -0.2) is 9.97 Å². The predicted octanol–water partition coefficient (Wildman–Crippen LogP) is 2.31. The van der Waals surface area contributed by atoms with Gasteiger partial charge in [0.25, 0.3) is 0 Å². The Morgan fingerprint density at radius 2 is 1.84 bits per heavy atom. The molecule has 0 spiro atoms. The number of hydrogen-bond acceptors (Lipinski definition) is 5. The van der Waals surface area contributed by atoms with Gasteiger partial charge in [0.05, 0.1) is 6.07 Å². The zero-order valence-corrected chi connectivity index (χ0v) is 12.3. The predicted molar refractivity (Wildman–Crippen MR) is 78.3 cm³/mol. The Bertz CT molecular complexity index is 424. The average molecular weight is 261 g/mol. The molecule has 0 amide bonds. The Labute approximate surface area is 115 Å². The van der Waals surface area contributed by atoms with E-state index < -0.39 is 0 Å². The van der Waals surface area contributed by atoms with Crippen LogP contribution in [-0.4, -0.2) is 37.2 Å². The van der Waals surface area contributed by atoms with Gasteiger partial charge in [-0.05, 0) is 18.8 Å². The Morgan fingerprint density at radius 1 is 1.21 bits per heavy atom. The van der Waals surface area contributed by atoms with Crippen molar-refractivity contribution >= 4 is 11.6 Å². The number of nitrogens with zero attached hydrogens (tertiary/aromatic N) is 5. The van der Waals surface area contributed by atoms with Gasteiger partial charge in [0.1, 0.15) is 24.5 Å². The molecule has 0 unspecified atom stereocenters. The van der Waals surface area contributed by atoms with Crippen molar-refractivity contribution in [2.75, 3.05) is 37.0 Å². The summed E-state index contributed by atoms with van der Waals surface area (Å²) in [6.07, 6.45) is 3.93. The molecule has 0 saturated heterocycles. The molecule has 0 aliphatic carbocycles. The highest BCUT2D eigenvalue weighted by Gasteiger charge is 2.07. The second kappa shape index (κ2) is 7.57. The summed E-state index contributed by atoms with van der Waals surface area (Å²) in [5, 5.41) is 8.70. The molecule has 104 valence electrons. The van der Waals surface area contributed by atoms with Crippen LogP contribution < -0.4 is 9.80 Å². The third kappa shape index (κ3) is 5.12. The third-order valence-corrected chi connectivity index (χ3v) is 3.00. The molecule has 0 radical (unpaired) electrons. The topological polar surface area (TPSA) is 56.0 Å². The summed E-state index contributed by atoms with van der Waals surface area (Å²) >= 11 is 0. The van der Waals surface area contributed by atoms with E-state index in [0.717, 1.165) is 30.5 Å². The minimum absolute atomic E-state index is 0.327. The molecular formula is C14H23N5. The molecule has 0 N–H and O–H groups in total. The first-order chi connectivity index (χ1) is 9.04. The Balaban J connectivity index is 2.62. The number of nitriles is 1. The van der Waals surface area contributed by atoms with Crippen LogP contribution in [0.1, 0.15) is 26.7 Å². The summed E-state index contributed by atoms with van der Waals surface area (Å²) in [6, 6.07) is 4.04. The van der Waals surface area contributed by atoms with E-state index in [4.69, 9.17) is 5.26 Å². The van der Waals surface area contributed by atoms with Crippen molar-refractivity contribution < 1.29 is 0 Å². The first-order valence-corrected chi connectivity index (χ1v) is 6.66. The van der Waals surface area contributed by atoms with Gasteiger partial charge < -0.3 is 9.80 Å². The van der Waals surface area contributed by atoms with Crippen LogP contribution in [0.3, 0.4) is 0 Å². The van der Waals surface area contributed by atoms with E-state index >= 15 is 0 Å². The molecule has 5 nitrogen and oxygen atoms in total. The maximum Gasteiger partial charge on any atom is 0.134 e. The molecule has 1 aromatic rings. The minimum Gasteiger partial charge on any atom is -0.360 e. The molecule has 1 aromatic heterocycles. The zero-order chi connectivity index (χ0) is 14.3. The molecule has 0 aliphatic rings. The largest absolute Gasteiger partial charge is 0.360 e. The normalized spacial score (nSPS) is 10.3. The highest BCUT2D eigenvalue weighted by molar-refractivity contribution is 5.49. The number of rotatable bonds is 7. The monoisotopic (exact) mass is 261 g/mol. The van der Waals surface area contributed by atoms with Crippen molar-refractivity contribution in [2.45, 2.75) is 26.7 Å². The van der Waals surface area contributed by atoms with E-state index in [0.29, 0.717) is 6.54 Å². The molecule has 0 aliphatic heterocycles. The third-order valence-electron chi connectivity index (χ3n) is 3.00. The van der Waals surface area contributed by atoms with Crippen molar-refractivity contribution in [2.24, 2.45) is 5.92 Å². The molecule has 0 aromatic carbocycles. The minimum atomic E-state index is 0.327. The van der Waals surface area contributed by atoms with Crippen LogP contribution in [-0.2, 0) is 0 Å². The molecule has 0 bridgehead atoms. The average Bonchev–Trinajstić information content (AvgIpc) is 2.38. The maximum absolute atomic E-state index is 8.70. The lowest BCUT2D eigenvalue weighted by Crippen LogP contribution is -2.22. The van der Waals surface area contributed by atoms with Crippen molar-refractivity contribution in [1.82, 2.24) is 9.97 Å². The van der Waals surface area contributed by atoms with E-state index in [1.54, 1.807) is 6.33 Å². The summed E-state index contributed by atoms with van der Waals surface area (Å²) in [5.41, 5.74) is 0. The van der Waals surface area contributed by atoms with E-state index in [-0.39, 0.29) is 0 Å². The van der Waals surface area contributed by atoms with Crippen molar-refractivity contribution in [3.63, 3.8) is 0 Å². The Hall–Kier alpha value is -1.83. The van der Waals surface area contributed by atoms with Crippen LogP contribution in [0.25, 0.3) is 0 Å². The molecule has 5 heteroatoms. The van der Waals surface area contributed by atoms with Crippen LogP contribution in [0, 0.1) is 17.2 Å². The summed E-state index contributed by atoms with van der Waals surface area (Å²) in [5.74, 6) is 2.41. The van der Waals surface area contributed by atoms with Gasteiger partial charge in [0, 0.05) is 26.7 Å². The van der Waals surface area contributed by atoms with E-state index in [2.05, 4.69) is 34.8 Å². The number of anilines is 2. The number of hydrogen-bond donors (Lipinski definition) is 0. The van der Waals surface area contributed by atoms with Crippen molar-refractivity contribution in [1.29, 1.82) is 5.26 Å². The first kappa shape index (κ1) is 15.2. The highest BCUT2D eigenvalue weighted by Crippen LogP contribution is 2.16. The highest BCUT2D eigenvalue weighted by atomic mass is 15.2. The Kier molecular flexibility index (Phi) is 6.07. The Morgan fingerprint density at radius 3 is 2.42 bits per heavy atom. The summed E-state index contributed by atoms with van der Waals surface area (Å²) in [7, 11) is 3.89. The lowest BCUT2D eigenvalue weighted by Gasteiger charge is -2.20. The lowest BCUT2D eigenvalue weighted by atomic mass is 10.1. The van der Waals surface area contributed by atoms with Gasteiger partial charge in [-0.1, -0.05) is 13.8 Å². The summed E-state index contributed by atoms with van der Waals surface area (Å²) in [6.45, 7) is 5.78. The summed E-state index contributed by atoms with van der Waals surface area (Å²) in [4.78, 5) is 12.4. The molecule has 19 heavy (non-hydrogen) atoms. The summed E-state index contributed by atoms with van der Waals surface area (Å²) < 4.78 is 0. The van der Waals surface area contributed by atoms with Crippen LogP contribution in [0.2, 0.25) is 0 Å². The van der Waals surface area contributed by atoms with E-state index in [1.807, 2.05) is 25.1 Å². The van der Waals surface area contributed by atoms with Gasteiger partial charge in [0.15, 0.2) is 0 Å². The fourth-order valence-electron chi connectivity index (χ4n) is 1.79. The maximum atomic E-state index is 8.70. The van der Waals surface area contributed by atoms with E-state index in [9.17, 15) is 0 Å². The van der Waals surface area contributed by atoms with Crippen LogP contribution >= 0.6 is 0 Å². The van der Waals surface area contributed by atoms with Gasteiger partial charge in [0.2, 0.25) is 0 Å². The molecule has 1 rings (SSSR count). The molecular weight excluding hydrogens is 238 g/mol. The van der Waals surface area contributed by atoms with Gasteiger partial charge in [-0.2, -0.15) is 5.26 Å². The number of aromatic nitrogens is 2. The van der Waals surface area contributed by atoms with Crippen molar-refractivity contribution in [3.05, 3.63) is 12.4 Å². The fourth-order valence-corrected chi connectivity index (χ4v) is 1.79. The smallest absolute Gasteiger partial charge is 0.134 e. The first-order valence-electron chi connectivity index (χ1n) is 6.66. The molecule has 0 atom stereocenters. The van der Waals surface area contributed by atoms with Crippen molar-refractivity contribution in [3.8, 4) is 6.07 Å².